The molecule has 3 fully saturated rings. The van der Waals surface area contributed by atoms with Gasteiger partial charge >= 0.3 is 0 Å². The molecule has 5 rings (SSSR count). The maximum Gasteiger partial charge on any atom is 0.245 e. The van der Waals surface area contributed by atoms with Crippen LogP contribution in [-0.2, 0) is 32.1 Å². The number of amides is 3. The fourth-order valence-electron chi connectivity index (χ4n) is 7.17. The highest BCUT2D eigenvalue weighted by molar-refractivity contribution is 5.99. The number of unbranched alkanes of at least 4 members (excludes halogenated alkanes) is 2. The lowest BCUT2D eigenvalue weighted by Crippen LogP contribution is -2.58. The van der Waals surface area contributed by atoms with Gasteiger partial charge in [-0.25, -0.2) is 0 Å². The fraction of sp³-hybridized carbons (Fsp3) is 0.531. The maximum atomic E-state index is 14.4. The molecule has 0 saturated carbocycles. The number of aliphatic hydroxyl groups excluding tert-OH is 1. The van der Waals surface area contributed by atoms with Crippen LogP contribution in [0.2, 0.25) is 0 Å². The number of hydrogen-bond donors (Lipinski definition) is 3. The third kappa shape index (κ3) is 5.03. The lowest BCUT2D eigenvalue weighted by Gasteiger charge is -2.37. The number of likely N-dealkylation sites (tertiary alicyclic amines) is 1. The zero-order chi connectivity index (χ0) is 28.3. The van der Waals surface area contributed by atoms with Crippen LogP contribution in [0.1, 0.15) is 57.1 Å². The summed E-state index contributed by atoms with van der Waals surface area (Å²) >= 11 is 0. The van der Waals surface area contributed by atoms with E-state index in [2.05, 4.69) is 17.6 Å². The van der Waals surface area contributed by atoms with Gasteiger partial charge in [0, 0.05) is 13.1 Å². The number of fused-ring (bicyclic) bond motifs is 1. The van der Waals surface area contributed by atoms with Gasteiger partial charge in [0.15, 0.2) is 0 Å². The Bertz CT molecular complexity index is 1210. The molecule has 2 bridgehead atoms. The van der Waals surface area contributed by atoms with E-state index in [1.807, 2.05) is 67.6 Å². The van der Waals surface area contributed by atoms with Crippen LogP contribution < -0.4 is 10.6 Å². The summed E-state index contributed by atoms with van der Waals surface area (Å²) in [6.45, 7) is 4.55. The van der Waals surface area contributed by atoms with Crippen LogP contribution in [0.3, 0.4) is 0 Å². The Kier molecular flexibility index (Phi) is 8.29. The first-order valence-electron chi connectivity index (χ1n) is 14.6. The van der Waals surface area contributed by atoms with Crippen LogP contribution in [0.4, 0.5) is 0 Å². The van der Waals surface area contributed by atoms with Gasteiger partial charge in [-0.15, -0.1) is 0 Å². The lowest BCUT2D eigenvalue weighted by atomic mass is 9.66. The SMILES string of the molecule is CCCCCNC(=O)C1N([C@@H](CO)Cc2ccccc2)C(=O)[C@@H]2[C@@H](C(=O)NCc3ccccc3)[C@@]3(C)CCC12O3. The predicted octanol–water partition coefficient (Wildman–Crippen LogP) is 2.98. The molecule has 3 N–H and O–H groups in total. The third-order valence-corrected chi connectivity index (χ3v) is 9.05. The van der Waals surface area contributed by atoms with Crippen LogP contribution in [-0.4, -0.2) is 64.2 Å². The minimum atomic E-state index is -1.11. The summed E-state index contributed by atoms with van der Waals surface area (Å²) < 4.78 is 6.70. The summed E-state index contributed by atoms with van der Waals surface area (Å²) in [6.07, 6.45) is 4.35. The molecule has 214 valence electrons. The summed E-state index contributed by atoms with van der Waals surface area (Å²) in [5, 5.41) is 16.6. The van der Waals surface area contributed by atoms with Crippen molar-refractivity contribution in [2.75, 3.05) is 13.2 Å². The Hall–Kier alpha value is -3.23. The molecule has 2 aromatic carbocycles. The average Bonchev–Trinajstić information content (AvgIpc) is 3.54. The van der Waals surface area contributed by atoms with Gasteiger partial charge in [0.05, 0.1) is 30.1 Å². The lowest BCUT2D eigenvalue weighted by molar-refractivity contribution is -0.149. The van der Waals surface area contributed by atoms with Gasteiger partial charge in [-0.2, -0.15) is 0 Å². The minimum Gasteiger partial charge on any atom is -0.394 e. The molecule has 2 unspecified atom stereocenters. The molecular weight excluding hydrogens is 506 g/mol. The van der Waals surface area contributed by atoms with E-state index in [-0.39, 0.29) is 24.3 Å². The molecule has 1 spiro atoms. The molecule has 3 amide bonds. The number of carbonyl (C=O) groups excluding carboxylic acids is 3. The highest BCUT2D eigenvalue weighted by Gasteiger charge is 2.78. The summed E-state index contributed by atoms with van der Waals surface area (Å²) in [7, 11) is 0. The average molecular weight is 548 g/mol. The zero-order valence-electron chi connectivity index (χ0n) is 23.5. The summed E-state index contributed by atoms with van der Waals surface area (Å²) in [5.41, 5.74) is -0.0335. The van der Waals surface area contributed by atoms with Crippen LogP contribution in [0.15, 0.2) is 60.7 Å². The molecule has 6 atom stereocenters. The van der Waals surface area contributed by atoms with E-state index in [1.54, 1.807) is 4.90 Å². The smallest absolute Gasteiger partial charge is 0.245 e. The highest BCUT2D eigenvalue weighted by atomic mass is 16.5. The predicted molar refractivity (Wildman–Crippen MR) is 151 cm³/mol. The molecule has 0 aliphatic carbocycles. The van der Waals surface area contributed by atoms with Crippen LogP contribution in [0.5, 0.6) is 0 Å². The Morgan fingerprint density at radius 1 is 1.00 bits per heavy atom. The van der Waals surface area contributed by atoms with Gasteiger partial charge in [0.25, 0.3) is 0 Å². The van der Waals surface area contributed by atoms with Crippen molar-refractivity contribution >= 4 is 17.7 Å². The number of nitrogens with zero attached hydrogens (tertiary/aromatic N) is 1. The van der Waals surface area contributed by atoms with E-state index >= 15 is 0 Å². The Morgan fingerprint density at radius 3 is 2.33 bits per heavy atom. The third-order valence-electron chi connectivity index (χ3n) is 9.05. The molecule has 3 heterocycles. The number of rotatable bonds is 12. The molecule has 8 nitrogen and oxygen atoms in total. The molecule has 3 aliphatic heterocycles. The second-order valence-electron chi connectivity index (χ2n) is 11.7. The van der Waals surface area contributed by atoms with Gasteiger partial charge < -0.3 is 25.4 Å². The van der Waals surface area contributed by atoms with Gasteiger partial charge in [0.2, 0.25) is 17.7 Å². The summed E-state index contributed by atoms with van der Waals surface area (Å²) in [4.78, 5) is 43.5. The summed E-state index contributed by atoms with van der Waals surface area (Å²) in [6, 6.07) is 17.8. The van der Waals surface area contributed by atoms with E-state index in [4.69, 9.17) is 4.74 Å². The first-order valence-corrected chi connectivity index (χ1v) is 14.6. The number of aliphatic hydroxyl groups is 1. The van der Waals surface area contributed by atoms with E-state index in [0.717, 1.165) is 30.4 Å². The van der Waals surface area contributed by atoms with E-state index in [0.29, 0.717) is 32.4 Å². The van der Waals surface area contributed by atoms with E-state index in [1.165, 1.54) is 0 Å². The minimum absolute atomic E-state index is 0.237. The Labute approximate surface area is 236 Å². The number of carbonyl (C=O) groups is 3. The summed E-state index contributed by atoms with van der Waals surface area (Å²) in [5.74, 6) is -2.31. The van der Waals surface area contributed by atoms with Gasteiger partial charge in [-0.3, -0.25) is 14.4 Å². The molecule has 40 heavy (non-hydrogen) atoms. The van der Waals surface area contributed by atoms with Crippen molar-refractivity contribution in [3.05, 3.63) is 71.8 Å². The van der Waals surface area contributed by atoms with E-state index < -0.39 is 35.1 Å². The second kappa shape index (κ2) is 11.7. The van der Waals surface area contributed by atoms with Gasteiger partial charge in [-0.05, 0) is 43.7 Å². The number of hydrogen-bond acceptors (Lipinski definition) is 5. The van der Waals surface area contributed by atoms with Crippen molar-refractivity contribution in [2.24, 2.45) is 11.8 Å². The molecule has 0 aromatic heterocycles. The first kappa shape index (κ1) is 28.3. The largest absolute Gasteiger partial charge is 0.394 e. The second-order valence-corrected chi connectivity index (χ2v) is 11.7. The Morgan fingerprint density at radius 2 is 1.68 bits per heavy atom. The first-order chi connectivity index (χ1) is 19.3. The standard InChI is InChI=1S/C32H41N3O5/c1-3-4-11-18-33-29(38)27-32-17-16-31(2,40-32)25(28(37)34-20-23-14-9-6-10-15-23)26(32)30(39)35(27)24(21-36)19-22-12-7-5-8-13-22/h5-10,12-15,24-27,36H,3-4,11,16-21H2,1-2H3,(H,33,38)(H,34,37)/t24-,25+,26+,27?,31-,32?/m1/s1. The molecular formula is C32H41N3O5. The molecule has 3 saturated heterocycles. The van der Waals surface area contributed by atoms with Crippen LogP contribution in [0, 0.1) is 11.8 Å². The Balaban J connectivity index is 1.46. The molecule has 8 heteroatoms. The topological polar surface area (TPSA) is 108 Å². The van der Waals surface area contributed by atoms with Crippen molar-refractivity contribution in [3.8, 4) is 0 Å². The molecule has 0 radical (unpaired) electrons. The maximum absolute atomic E-state index is 14.4. The number of ether oxygens (including phenoxy) is 1. The highest BCUT2D eigenvalue weighted by Crippen LogP contribution is 2.63. The normalized spacial score (nSPS) is 29.3. The van der Waals surface area contributed by atoms with Crippen molar-refractivity contribution in [2.45, 2.75) is 82.2 Å². The number of benzene rings is 2. The fourth-order valence-corrected chi connectivity index (χ4v) is 7.17. The van der Waals surface area contributed by atoms with Gasteiger partial charge in [-0.1, -0.05) is 80.4 Å². The van der Waals surface area contributed by atoms with Crippen molar-refractivity contribution in [3.63, 3.8) is 0 Å². The van der Waals surface area contributed by atoms with Crippen LogP contribution in [0.25, 0.3) is 0 Å². The number of nitrogens with one attached hydrogen (secondary N) is 2. The van der Waals surface area contributed by atoms with Crippen molar-refractivity contribution in [1.29, 1.82) is 0 Å². The zero-order valence-corrected chi connectivity index (χ0v) is 23.5. The van der Waals surface area contributed by atoms with Crippen molar-refractivity contribution < 1.29 is 24.2 Å². The van der Waals surface area contributed by atoms with Crippen molar-refractivity contribution in [1.82, 2.24) is 15.5 Å². The van der Waals surface area contributed by atoms with Gasteiger partial charge in [0.1, 0.15) is 11.6 Å². The van der Waals surface area contributed by atoms with E-state index in [9.17, 15) is 19.5 Å². The molecule has 3 aliphatic rings. The monoisotopic (exact) mass is 547 g/mol. The quantitative estimate of drug-likeness (QED) is 0.354. The van der Waals surface area contributed by atoms with Crippen LogP contribution >= 0.6 is 0 Å². The molecule has 2 aromatic rings.